The van der Waals surface area contributed by atoms with E-state index in [1.807, 2.05) is 25.1 Å². The molecule has 5 heteroatoms. The van der Waals surface area contributed by atoms with E-state index in [9.17, 15) is 4.79 Å². The van der Waals surface area contributed by atoms with Crippen molar-refractivity contribution in [3.8, 4) is 0 Å². The molecule has 3 aromatic rings. The number of pyridine rings is 1. The van der Waals surface area contributed by atoms with Crippen molar-refractivity contribution in [2.24, 2.45) is 0 Å². The van der Waals surface area contributed by atoms with E-state index in [0.29, 0.717) is 0 Å². The van der Waals surface area contributed by atoms with Crippen LogP contribution in [0.5, 0.6) is 0 Å². The number of anilines is 1. The Labute approximate surface area is 148 Å². The lowest BCUT2D eigenvalue weighted by Crippen LogP contribution is -2.08. The molecule has 5 nitrogen and oxygen atoms in total. The summed E-state index contributed by atoms with van der Waals surface area (Å²) < 4.78 is 2.20. The first kappa shape index (κ1) is 17.1. The van der Waals surface area contributed by atoms with E-state index in [1.165, 1.54) is 12.5 Å². The van der Waals surface area contributed by atoms with Crippen molar-refractivity contribution in [3.63, 3.8) is 0 Å². The van der Waals surface area contributed by atoms with Crippen LogP contribution in [0.2, 0.25) is 0 Å². The number of carbonyl (C=O) groups is 1. The predicted octanol–water partition coefficient (Wildman–Crippen LogP) is 4.09. The molecule has 1 N–H and O–H groups in total. The second kappa shape index (κ2) is 7.47. The van der Waals surface area contributed by atoms with Crippen molar-refractivity contribution < 1.29 is 4.79 Å². The van der Waals surface area contributed by atoms with Crippen LogP contribution in [-0.4, -0.2) is 20.4 Å². The second-order valence-electron chi connectivity index (χ2n) is 6.35. The first-order chi connectivity index (χ1) is 12.1. The Morgan fingerprint density at radius 2 is 2.00 bits per heavy atom. The third kappa shape index (κ3) is 3.71. The molecule has 0 spiro atoms. The minimum absolute atomic E-state index is 0.0980. The molecule has 0 fully saturated rings. The summed E-state index contributed by atoms with van der Waals surface area (Å²) in [4.78, 5) is 20.9. The number of fused-ring (bicyclic) bond motifs is 1. The highest BCUT2D eigenvalue weighted by Gasteiger charge is 2.16. The molecule has 130 valence electrons. The predicted molar refractivity (Wildman–Crippen MR) is 101 cm³/mol. The SMILES string of the molecule is CCCCc1nc2c(C)c(NC(C)=O)cnc2n1Cc1ccccc1. The molecule has 0 unspecified atom stereocenters. The zero-order chi connectivity index (χ0) is 17.8. The van der Waals surface area contributed by atoms with Gasteiger partial charge in [0.15, 0.2) is 5.65 Å². The number of rotatable bonds is 6. The van der Waals surface area contributed by atoms with Crippen molar-refractivity contribution in [1.29, 1.82) is 0 Å². The van der Waals surface area contributed by atoms with Crippen molar-refractivity contribution >= 4 is 22.8 Å². The van der Waals surface area contributed by atoms with E-state index in [1.54, 1.807) is 6.20 Å². The molecule has 1 amide bonds. The smallest absolute Gasteiger partial charge is 0.221 e. The van der Waals surface area contributed by atoms with Crippen LogP contribution in [0.15, 0.2) is 36.5 Å². The number of nitrogens with zero attached hydrogens (tertiary/aromatic N) is 3. The Morgan fingerprint density at radius 3 is 2.68 bits per heavy atom. The van der Waals surface area contributed by atoms with Crippen molar-refractivity contribution in [2.45, 2.75) is 46.6 Å². The van der Waals surface area contributed by atoms with Crippen LogP contribution in [-0.2, 0) is 17.8 Å². The van der Waals surface area contributed by atoms with Crippen LogP contribution in [0, 0.1) is 6.92 Å². The minimum Gasteiger partial charge on any atom is -0.325 e. The lowest BCUT2D eigenvalue weighted by Gasteiger charge is -2.10. The Bertz CT molecular complexity index is 884. The molecule has 0 aliphatic rings. The molecule has 2 aromatic heterocycles. The van der Waals surface area contributed by atoms with Gasteiger partial charge in [-0.2, -0.15) is 0 Å². The normalized spacial score (nSPS) is 11.0. The van der Waals surface area contributed by atoms with Crippen LogP contribution in [0.25, 0.3) is 11.2 Å². The Balaban J connectivity index is 2.08. The fraction of sp³-hybridized carbons (Fsp3) is 0.350. The van der Waals surface area contributed by atoms with Crippen LogP contribution < -0.4 is 5.32 Å². The number of hydrogen-bond donors (Lipinski definition) is 1. The molecule has 0 bridgehead atoms. The quantitative estimate of drug-likeness (QED) is 0.737. The fourth-order valence-corrected chi connectivity index (χ4v) is 3.00. The van der Waals surface area contributed by atoms with Crippen LogP contribution in [0.3, 0.4) is 0 Å². The number of nitrogens with one attached hydrogen (secondary N) is 1. The molecule has 25 heavy (non-hydrogen) atoms. The van der Waals surface area contributed by atoms with E-state index in [2.05, 4.69) is 33.9 Å². The van der Waals surface area contributed by atoms with Crippen molar-refractivity contribution in [2.75, 3.05) is 5.32 Å². The third-order valence-electron chi connectivity index (χ3n) is 4.34. The Hall–Kier alpha value is -2.69. The summed E-state index contributed by atoms with van der Waals surface area (Å²) in [6.07, 6.45) is 4.87. The van der Waals surface area contributed by atoms with E-state index in [-0.39, 0.29) is 5.91 Å². The van der Waals surface area contributed by atoms with Gasteiger partial charge in [-0.1, -0.05) is 43.7 Å². The molecule has 0 saturated carbocycles. The number of imidazole rings is 1. The zero-order valence-electron chi connectivity index (χ0n) is 15.0. The van der Waals surface area contributed by atoms with E-state index in [0.717, 1.165) is 54.0 Å². The molecular formula is C20H24N4O. The number of benzene rings is 1. The van der Waals surface area contributed by atoms with Gasteiger partial charge in [0.2, 0.25) is 5.91 Å². The number of amides is 1. The van der Waals surface area contributed by atoms with E-state index >= 15 is 0 Å². The van der Waals surface area contributed by atoms with Gasteiger partial charge in [-0.05, 0) is 18.9 Å². The topological polar surface area (TPSA) is 59.8 Å². The van der Waals surface area contributed by atoms with Crippen molar-refractivity contribution in [3.05, 3.63) is 53.5 Å². The number of hydrogen-bond acceptors (Lipinski definition) is 3. The van der Waals surface area contributed by atoms with Crippen LogP contribution >= 0.6 is 0 Å². The first-order valence-corrected chi connectivity index (χ1v) is 8.76. The Morgan fingerprint density at radius 1 is 1.24 bits per heavy atom. The average molecular weight is 336 g/mol. The minimum atomic E-state index is -0.0980. The highest BCUT2D eigenvalue weighted by atomic mass is 16.1. The standard InChI is InChI=1S/C20H24N4O/c1-4-5-11-18-23-19-14(2)17(22-15(3)25)12-21-20(19)24(18)13-16-9-7-6-8-10-16/h6-10,12H,4-5,11,13H2,1-3H3,(H,22,25). The molecule has 0 aliphatic carbocycles. The van der Waals surface area contributed by atoms with Gasteiger partial charge in [-0.15, -0.1) is 0 Å². The maximum atomic E-state index is 11.4. The summed E-state index contributed by atoms with van der Waals surface area (Å²) in [5, 5.41) is 2.84. The van der Waals surface area contributed by atoms with Crippen LogP contribution in [0.4, 0.5) is 5.69 Å². The van der Waals surface area contributed by atoms with E-state index in [4.69, 9.17) is 4.98 Å². The molecule has 2 heterocycles. The summed E-state index contributed by atoms with van der Waals surface area (Å²) in [6.45, 7) is 6.42. The molecule has 0 aliphatic heterocycles. The van der Waals surface area contributed by atoms with Gasteiger partial charge in [-0.3, -0.25) is 4.79 Å². The maximum Gasteiger partial charge on any atom is 0.221 e. The molecule has 0 saturated heterocycles. The summed E-state index contributed by atoms with van der Waals surface area (Å²) in [7, 11) is 0. The second-order valence-corrected chi connectivity index (χ2v) is 6.35. The van der Waals surface area contributed by atoms with Gasteiger partial charge in [0, 0.05) is 18.9 Å². The maximum absolute atomic E-state index is 11.4. The lowest BCUT2D eigenvalue weighted by molar-refractivity contribution is -0.114. The summed E-state index contributed by atoms with van der Waals surface area (Å²) >= 11 is 0. The van der Waals surface area contributed by atoms with Gasteiger partial charge in [0.25, 0.3) is 0 Å². The number of unbranched alkanes of at least 4 members (excludes halogenated alkanes) is 1. The largest absolute Gasteiger partial charge is 0.325 e. The number of aromatic nitrogens is 3. The van der Waals surface area contributed by atoms with Gasteiger partial charge in [0.05, 0.1) is 18.4 Å². The van der Waals surface area contributed by atoms with Crippen molar-refractivity contribution in [1.82, 2.24) is 14.5 Å². The third-order valence-corrected chi connectivity index (χ3v) is 4.34. The summed E-state index contributed by atoms with van der Waals surface area (Å²) in [6, 6.07) is 10.4. The first-order valence-electron chi connectivity index (χ1n) is 8.76. The molecular weight excluding hydrogens is 312 g/mol. The van der Waals surface area contributed by atoms with Gasteiger partial charge < -0.3 is 9.88 Å². The summed E-state index contributed by atoms with van der Waals surface area (Å²) in [5.74, 6) is 0.954. The van der Waals surface area contributed by atoms with Gasteiger partial charge in [-0.25, -0.2) is 9.97 Å². The fourth-order valence-electron chi connectivity index (χ4n) is 3.00. The van der Waals surface area contributed by atoms with Gasteiger partial charge >= 0.3 is 0 Å². The molecule has 1 aromatic carbocycles. The van der Waals surface area contributed by atoms with Crippen LogP contribution in [0.1, 0.15) is 43.6 Å². The average Bonchev–Trinajstić information content (AvgIpc) is 2.94. The zero-order valence-corrected chi connectivity index (χ0v) is 15.0. The lowest BCUT2D eigenvalue weighted by atomic mass is 10.2. The monoisotopic (exact) mass is 336 g/mol. The molecule has 3 rings (SSSR count). The molecule has 0 radical (unpaired) electrons. The number of carbonyl (C=O) groups excluding carboxylic acids is 1. The van der Waals surface area contributed by atoms with Gasteiger partial charge in [0.1, 0.15) is 11.3 Å². The summed E-state index contributed by atoms with van der Waals surface area (Å²) in [5.41, 5.74) is 4.66. The van der Waals surface area contributed by atoms with E-state index < -0.39 is 0 Å². The highest BCUT2D eigenvalue weighted by molar-refractivity contribution is 5.92. The molecule has 0 atom stereocenters. The number of aryl methyl sites for hydroxylation is 2. The Kier molecular flexibility index (Phi) is 5.12. The highest BCUT2D eigenvalue weighted by Crippen LogP contribution is 2.25.